The van der Waals surface area contributed by atoms with Gasteiger partial charge in [-0.05, 0) is 65.7 Å². The molecule has 3 aromatic carbocycles. The minimum Gasteiger partial charge on any atom is -0.497 e. The Hall–Kier alpha value is -4.77. The average molecular weight is 458 g/mol. The van der Waals surface area contributed by atoms with Gasteiger partial charge in [0.15, 0.2) is 11.5 Å². The van der Waals surface area contributed by atoms with Crippen LogP contribution in [0.2, 0.25) is 0 Å². The van der Waals surface area contributed by atoms with E-state index in [9.17, 15) is 14.9 Å². The molecule has 0 fully saturated rings. The minimum atomic E-state index is -1.01. The summed E-state index contributed by atoms with van der Waals surface area (Å²) in [6.07, 6.45) is 1.45. The summed E-state index contributed by atoms with van der Waals surface area (Å²) in [5.41, 5.74) is 1.87. The van der Waals surface area contributed by atoms with E-state index < -0.39 is 11.9 Å². The number of carboxylic acids is 1. The largest absolute Gasteiger partial charge is 0.497 e. The Labute approximate surface area is 196 Å². The third kappa shape index (κ3) is 6.14. The van der Waals surface area contributed by atoms with Crippen molar-refractivity contribution in [3.8, 4) is 23.3 Å². The van der Waals surface area contributed by atoms with Crippen molar-refractivity contribution in [3.05, 3.63) is 89.0 Å². The van der Waals surface area contributed by atoms with E-state index in [0.717, 1.165) is 0 Å². The quantitative estimate of drug-likeness (QED) is 0.357. The normalized spacial score (nSPS) is 10.7. The number of carboxylic acid groups (broad SMARTS) is 1. The number of nitriles is 1. The molecule has 0 saturated carbocycles. The van der Waals surface area contributed by atoms with Crippen LogP contribution in [0, 0.1) is 11.3 Å². The van der Waals surface area contributed by atoms with Crippen LogP contribution >= 0.6 is 0 Å². The topological polar surface area (TPSA) is 118 Å². The Kier molecular flexibility index (Phi) is 7.87. The first-order valence-corrected chi connectivity index (χ1v) is 10.1. The maximum absolute atomic E-state index is 12.5. The highest BCUT2D eigenvalue weighted by atomic mass is 16.5. The molecular formula is C26H22N2O6. The fourth-order valence-electron chi connectivity index (χ4n) is 3.04. The molecule has 0 saturated heterocycles. The van der Waals surface area contributed by atoms with Crippen LogP contribution in [0.15, 0.2) is 72.3 Å². The van der Waals surface area contributed by atoms with Crippen LogP contribution in [0.1, 0.15) is 21.5 Å². The first-order chi connectivity index (χ1) is 16.4. The molecule has 0 heterocycles. The second-order valence-electron chi connectivity index (χ2n) is 7.06. The van der Waals surface area contributed by atoms with Crippen molar-refractivity contribution in [3.63, 3.8) is 0 Å². The Morgan fingerprint density at radius 2 is 1.76 bits per heavy atom. The number of aromatic carboxylic acids is 1. The van der Waals surface area contributed by atoms with E-state index >= 15 is 0 Å². The fourth-order valence-corrected chi connectivity index (χ4v) is 3.04. The Morgan fingerprint density at radius 3 is 2.41 bits per heavy atom. The van der Waals surface area contributed by atoms with Gasteiger partial charge in [-0.2, -0.15) is 5.26 Å². The molecule has 0 aliphatic heterocycles. The molecule has 172 valence electrons. The van der Waals surface area contributed by atoms with Gasteiger partial charge in [0, 0.05) is 5.69 Å². The molecule has 2 N–H and O–H groups in total. The van der Waals surface area contributed by atoms with Gasteiger partial charge in [0.25, 0.3) is 5.91 Å². The highest BCUT2D eigenvalue weighted by molar-refractivity contribution is 6.09. The van der Waals surface area contributed by atoms with Gasteiger partial charge in [-0.25, -0.2) is 4.79 Å². The SMILES string of the molecule is COc1ccc(NC(=O)/C(C#N)=C\c2ccc(OCc3cccc(C(=O)O)c3)c(OC)c2)cc1. The highest BCUT2D eigenvalue weighted by Gasteiger charge is 2.12. The summed E-state index contributed by atoms with van der Waals surface area (Å²) in [7, 11) is 3.02. The molecule has 8 heteroatoms. The monoisotopic (exact) mass is 458 g/mol. The van der Waals surface area contributed by atoms with Gasteiger partial charge in [0.05, 0.1) is 19.8 Å². The van der Waals surface area contributed by atoms with E-state index in [1.807, 2.05) is 6.07 Å². The number of nitrogens with one attached hydrogen (secondary N) is 1. The van der Waals surface area contributed by atoms with Gasteiger partial charge in [0.2, 0.25) is 0 Å². The van der Waals surface area contributed by atoms with E-state index in [4.69, 9.17) is 19.3 Å². The number of nitrogens with zero attached hydrogens (tertiary/aromatic N) is 1. The smallest absolute Gasteiger partial charge is 0.335 e. The second-order valence-corrected chi connectivity index (χ2v) is 7.06. The second kappa shape index (κ2) is 11.2. The molecule has 34 heavy (non-hydrogen) atoms. The number of rotatable bonds is 9. The maximum Gasteiger partial charge on any atom is 0.335 e. The molecule has 0 aliphatic rings. The van der Waals surface area contributed by atoms with Gasteiger partial charge in [-0.1, -0.05) is 18.2 Å². The summed E-state index contributed by atoms with van der Waals surface area (Å²) < 4.78 is 16.3. The number of hydrogen-bond acceptors (Lipinski definition) is 6. The van der Waals surface area contributed by atoms with Gasteiger partial charge >= 0.3 is 5.97 Å². The molecule has 8 nitrogen and oxygen atoms in total. The summed E-state index contributed by atoms with van der Waals surface area (Å²) in [6, 6.07) is 20.1. The molecule has 3 rings (SSSR count). The number of amides is 1. The van der Waals surface area contributed by atoms with E-state index in [2.05, 4.69) is 5.32 Å². The number of carbonyl (C=O) groups is 2. The van der Waals surface area contributed by atoms with Crippen LogP contribution in [0.3, 0.4) is 0 Å². The summed E-state index contributed by atoms with van der Waals surface area (Å²) in [5.74, 6) is -0.0826. The van der Waals surface area contributed by atoms with Crippen LogP contribution in [0.5, 0.6) is 17.2 Å². The van der Waals surface area contributed by atoms with Crippen molar-refractivity contribution in [2.24, 2.45) is 0 Å². The van der Waals surface area contributed by atoms with Gasteiger partial charge in [-0.15, -0.1) is 0 Å². The highest BCUT2D eigenvalue weighted by Crippen LogP contribution is 2.30. The zero-order valence-electron chi connectivity index (χ0n) is 18.6. The lowest BCUT2D eigenvalue weighted by molar-refractivity contribution is -0.112. The number of anilines is 1. The van der Waals surface area contributed by atoms with Crippen LogP contribution in [-0.4, -0.2) is 31.2 Å². The summed E-state index contributed by atoms with van der Waals surface area (Å²) in [5, 5.41) is 21.3. The van der Waals surface area contributed by atoms with Crippen LogP contribution in [-0.2, 0) is 11.4 Å². The molecule has 0 radical (unpaired) electrons. The van der Waals surface area contributed by atoms with Crippen molar-refractivity contribution in [2.75, 3.05) is 19.5 Å². The average Bonchev–Trinajstić information content (AvgIpc) is 2.86. The molecule has 0 atom stereocenters. The van der Waals surface area contributed by atoms with Gasteiger partial charge < -0.3 is 24.6 Å². The summed E-state index contributed by atoms with van der Waals surface area (Å²) in [6.45, 7) is 0.139. The van der Waals surface area contributed by atoms with Crippen molar-refractivity contribution < 1.29 is 28.9 Å². The van der Waals surface area contributed by atoms with Crippen molar-refractivity contribution >= 4 is 23.6 Å². The van der Waals surface area contributed by atoms with E-state index in [1.54, 1.807) is 61.7 Å². The molecule has 0 aromatic heterocycles. The third-order valence-electron chi connectivity index (χ3n) is 4.78. The zero-order chi connectivity index (χ0) is 24.5. The first kappa shape index (κ1) is 23.9. The summed E-state index contributed by atoms with van der Waals surface area (Å²) in [4.78, 5) is 23.7. The van der Waals surface area contributed by atoms with Crippen molar-refractivity contribution in [2.45, 2.75) is 6.61 Å². The molecule has 1 amide bonds. The number of hydrogen-bond donors (Lipinski definition) is 2. The summed E-state index contributed by atoms with van der Waals surface area (Å²) >= 11 is 0. The Morgan fingerprint density at radius 1 is 1.00 bits per heavy atom. The van der Waals surface area contributed by atoms with Crippen LogP contribution in [0.25, 0.3) is 6.08 Å². The molecule has 0 spiro atoms. The molecule has 0 aliphatic carbocycles. The van der Waals surface area contributed by atoms with Gasteiger partial charge in [-0.3, -0.25) is 4.79 Å². The lowest BCUT2D eigenvalue weighted by atomic mass is 10.1. The lowest BCUT2D eigenvalue weighted by Gasteiger charge is -2.12. The molecule has 0 unspecified atom stereocenters. The number of benzene rings is 3. The van der Waals surface area contributed by atoms with E-state index in [-0.39, 0.29) is 17.7 Å². The molecule has 3 aromatic rings. The number of carbonyl (C=O) groups excluding carboxylic acids is 1. The number of ether oxygens (including phenoxy) is 3. The predicted molar refractivity (Wildman–Crippen MR) is 126 cm³/mol. The van der Waals surface area contributed by atoms with Crippen LogP contribution in [0.4, 0.5) is 5.69 Å². The fraction of sp³-hybridized carbons (Fsp3) is 0.115. The molecule has 0 bridgehead atoms. The van der Waals surface area contributed by atoms with Crippen LogP contribution < -0.4 is 19.5 Å². The van der Waals surface area contributed by atoms with E-state index in [0.29, 0.717) is 34.1 Å². The standard InChI is InChI=1S/C26H22N2O6/c1-32-22-9-7-21(8-10-22)28-25(29)20(15-27)12-17-6-11-23(24(14-17)33-2)34-16-18-4-3-5-19(13-18)26(30)31/h3-14H,16H2,1-2H3,(H,28,29)(H,30,31)/b20-12-. The number of methoxy groups -OCH3 is 2. The maximum atomic E-state index is 12.5. The molecular weight excluding hydrogens is 436 g/mol. The predicted octanol–water partition coefficient (Wildman–Crippen LogP) is 4.53. The van der Waals surface area contributed by atoms with E-state index in [1.165, 1.54) is 25.3 Å². The zero-order valence-corrected chi connectivity index (χ0v) is 18.6. The minimum absolute atomic E-state index is 0.0861. The first-order valence-electron chi connectivity index (χ1n) is 10.1. The Balaban J connectivity index is 1.73. The lowest BCUT2D eigenvalue weighted by Crippen LogP contribution is -2.13. The van der Waals surface area contributed by atoms with Crippen molar-refractivity contribution in [1.29, 1.82) is 5.26 Å². The third-order valence-corrected chi connectivity index (χ3v) is 4.78. The van der Waals surface area contributed by atoms with Gasteiger partial charge in [0.1, 0.15) is 24.0 Å². The Bertz CT molecular complexity index is 1260. The van der Waals surface area contributed by atoms with Crippen molar-refractivity contribution in [1.82, 2.24) is 0 Å².